The number of halogens is 2. The fourth-order valence-corrected chi connectivity index (χ4v) is 2.88. The molecule has 1 unspecified atom stereocenters. The van der Waals surface area contributed by atoms with Crippen LogP contribution in [-0.2, 0) is 30.3 Å². The summed E-state index contributed by atoms with van der Waals surface area (Å²) in [6, 6.07) is 6.05. The van der Waals surface area contributed by atoms with E-state index in [9.17, 15) is 23.2 Å². The average molecular weight is 429 g/mol. The van der Waals surface area contributed by atoms with Crippen LogP contribution in [0.4, 0.5) is 8.78 Å². The lowest BCUT2D eigenvalue weighted by Gasteiger charge is -2.27. The first-order chi connectivity index (χ1) is 14.3. The van der Waals surface area contributed by atoms with Crippen molar-refractivity contribution in [1.29, 1.82) is 0 Å². The van der Waals surface area contributed by atoms with E-state index in [1.54, 1.807) is 30.3 Å². The Morgan fingerprint density at radius 3 is 2.37 bits per heavy atom. The third-order valence-electron chi connectivity index (χ3n) is 4.41. The quantitative estimate of drug-likeness (QED) is 0.448. The molecule has 1 aliphatic rings. The molecule has 0 aliphatic carbocycles. The van der Waals surface area contributed by atoms with Gasteiger partial charge in [0.1, 0.15) is 6.04 Å². The predicted octanol–water partition coefficient (Wildman–Crippen LogP) is -0.145. The number of amides is 2. The molecule has 2 atom stereocenters. The van der Waals surface area contributed by atoms with Gasteiger partial charge in [-0.25, -0.2) is 4.79 Å². The first-order valence-electron chi connectivity index (χ1n) is 9.41. The number of ether oxygens (including phenoxy) is 2. The summed E-state index contributed by atoms with van der Waals surface area (Å²) in [4.78, 5) is 38.2. The van der Waals surface area contributed by atoms with Gasteiger partial charge in [0.2, 0.25) is 11.8 Å². The van der Waals surface area contributed by atoms with Crippen molar-refractivity contribution in [2.45, 2.75) is 25.1 Å². The number of morpholine rings is 1. The molecule has 0 spiro atoms. The second kappa shape index (κ2) is 12.2. The molecular weight excluding hydrogens is 404 g/mol. The second-order valence-corrected chi connectivity index (χ2v) is 6.69. The molecule has 30 heavy (non-hydrogen) atoms. The minimum atomic E-state index is -3.17. The van der Waals surface area contributed by atoms with Crippen LogP contribution in [0.5, 0.6) is 0 Å². The predicted molar refractivity (Wildman–Crippen MR) is 101 cm³/mol. The van der Waals surface area contributed by atoms with Gasteiger partial charge in [0.25, 0.3) is 0 Å². The van der Waals surface area contributed by atoms with Crippen molar-refractivity contribution in [2.24, 2.45) is 0 Å². The highest BCUT2D eigenvalue weighted by Crippen LogP contribution is 2.05. The van der Waals surface area contributed by atoms with E-state index < -0.39 is 43.1 Å². The van der Waals surface area contributed by atoms with Crippen molar-refractivity contribution in [3.05, 3.63) is 35.9 Å². The molecule has 11 heteroatoms. The molecule has 1 saturated heterocycles. The Hall–Kier alpha value is -2.63. The van der Waals surface area contributed by atoms with Gasteiger partial charge in [-0.05, 0) is 5.56 Å². The van der Waals surface area contributed by atoms with Gasteiger partial charge in [-0.15, -0.1) is 0 Å². The number of alkyl halides is 2. The lowest BCUT2D eigenvalue weighted by molar-refractivity contribution is -0.156. The minimum Gasteiger partial charge on any atom is -0.480 e. The number of hydrogen-bond acceptors (Lipinski definition) is 6. The third kappa shape index (κ3) is 8.39. The Labute approximate surface area is 172 Å². The molecule has 0 radical (unpaired) electrons. The topological polar surface area (TPSA) is 117 Å². The number of aliphatic carboxylic acids is 1. The summed E-state index contributed by atoms with van der Waals surface area (Å²) in [6.07, 6.45) is 0.101. The summed E-state index contributed by atoms with van der Waals surface area (Å²) in [6.45, 7) is -1.85. The number of rotatable bonds is 11. The zero-order chi connectivity index (χ0) is 21.9. The fourth-order valence-electron chi connectivity index (χ4n) is 2.88. The van der Waals surface area contributed by atoms with Gasteiger partial charge in [-0.1, -0.05) is 30.3 Å². The van der Waals surface area contributed by atoms with Gasteiger partial charge in [0.05, 0.1) is 26.4 Å². The Morgan fingerprint density at radius 1 is 1.10 bits per heavy atom. The van der Waals surface area contributed by atoms with Crippen molar-refractivity contribution < 1.29 is 37.7 Å². The molecule has 0 saturated carbocycles. The van der Waals surface area contributed by atoms with Gasteiger partial charge < -0.3 is 25.2 Å². The van der Waals surface area contributed by atoms with Crippen molar-refractivity contribution in [1.82, 2.24) is 15.5 Å². The van der Waals surface area contributed by atoms with Crippen LogP contribution in [0.15, 0.2) is 30.3 Å². The standard InChI is InChI=1S/C19H25F2N3O6/c20-19(21)30-12-15(18(27)28)23-17(26)14(10-13-4-2-1-3-5-13)22-16(25)11-24-6-8-29-9-7-24/h1-5,14-15,19H,6-12H2,(H,22,25)(H,23,26)(H,27,28)/t14-,15?/m0/s1. The maximum absolute atomic E-state index is 12.7. The van der Waals surface area contributed by atoms with E-state index in [0.29, 0.717) is 26.3 Å². The van der Waals surface area contributed by atoms with Gasteiger partial charge in [0, 0.05) is 19.5 Å². The van der Waals surface area contributed by atoms with Crippen LogP contribution in [0.3, 0.4) is 0 Å². The molecule has 166 valence electrons. The molecule has 2 amide bonds. The summed E-state index contributed by atoms with van der Waals surface area (Å²) in [5, 5.41) is 13.9. The lowest BCUT2D eigenvalue weighted by Crippen LogP contribution is -2.55. The number of carbonyl (C=O) groups excluding carboxylic acids is 2. The Balaban J connectivity index is 2.04. The van der Waals surface area contributed by atoms with Crippen LogP contribution < -0.4 is 10.6 Å². The monoisotopic (exact) mass is 429 g/mol. The number of carboxylic acid groups (broad SMARTS) is 1. The Bertz CT molecular complexity index is 701. The number of carboxylic acids is 1. The molecule has 1 aliphatic heterocycles. The first-order valence-corrected chi connectivity index (χ1v) is 9.41. The molecule has 9 nitrogen and oxygen atoms in total. The van der Waals surface area contributed by atoms with E-state index in [1.165, 1.54) is 0 Å². The van der Waals surface area contributed by atoms with Crippen LogP contribution >= 0.6 is 0 Å². The molecule has 0 aromatic heterocycles. The molecule has 1 fully saturated rings. The number of nitrogens with one attached hydrogen (secondary N) is 2. The number of carbonyl (C=O) groups is 3. The van der Waals surface area contributed by atoms with E-state index in [-0.39, 0.29) is 13.0 Å². The van der Waals surface area contributed by atoms with E-state index >= 15 is 0 Å². The molecule has 3 N–H and O–H groups in total. The van der Waals surface area contributed by atoms with Gasteiger partial charge in [-0.2, -0.15) is 8.78 Å². The number of benzene rings is 1. The maximum atomic E-state index is 12.7. The van der Waals surface area contributed by atoms with Crippen molar-refractivity contribution >= 4 is 17.8 Å². The fraction of sp³-hybridized carbons (Fsp3) is 0.526. The summed E-state index contributed by atoms with van der Waals surface area (Å²) in [5.41, 5.74) is 0.736. The highest BCUT2D eigenvalue weighted by molar-refractivity contribution is 5.91. The SMILES string of the molecule is O=C(CN1CCOCC1)N[C@@H](Cc1ccccc1)C(=O)NC(COC(F)F)C(=O)O. The van der Waals surface area contributed by atoms with E-state index in [0.717, 1.165) is 5.56 Å². The van der Waals surface area contributed by atoms with E-state index in [1.807, 2.05) is 4.90 Å². The maximum Gasteiger partial charge on any atom is 0.345 e. The third-order valence-corrected chi connectivity index (χ3v) is 4.41. The number of hydrogen-bond donors (Lipinski definition) is 3. The van der Waals surface area contributed by atoms with E-state index in [4.69, 9.17) is 9.84 Å². The zero-order valence-electron chi connectivity index (χ0n) is 16.3. The Morgan fingerprint density at radius 2 is 1.77 bits per heavy atom. The molecule has 1 heterocycles. The second-order valence-electron chi connectivity index (χ2n) is 6.69. The summed E-state index contributed by atoms with van der Waals surface area (Å²) in [5.74, 6) is -2.75. The van der Waals surface area contributed by atoms with Crippen molar-refractivity contribution in [3.8, 4) is 0 Å². The molecule has 1 aromatic carbocycles. The zero-order valence-corrected chi connectivity index (χ0v) is 16.3. The molecule has 2 rings (SSSR count). The molecule has 0 bridgehead atoms. The normalized spacial score (nSPS) is 16.6. The minimum absolute atomic E-state index is 0.0543. The van der Waals surface area contributed by atoms with Crippen LogP contribution in [0, 0.1) is 0 Å². The highest BCUT2D eigenvalue weighted by atomic mass is 19.3. The largest absolute Gasteiger partial charge is 0.480 e. The van der Waals surface area contributed by atoms with Crippen LogP contribution in [0.1, 0.15) is 5.56 Å². The van der Waals surface area contributed by atoms with Crippen molar-refractivity contribution in [2.75, 3.05) is 39.5 Å². The summed E-state index contributed by atoms with van der Waals surface area (Å²) in [7, 11) is 0. The molecular formula is C19H25F2N3O6. The van der Waals surface area contributed by atoms with Gasteiger partial charge in [0.15, 0.2) is 6.04 Å². The smallest absolute Gasteiger partial charge is 0.345 e. The summed E-state index contributed by atoms with van der Waals surface area (Å²) >= 11 is 0. The van der Waals surface area contributed by atoms with Crippen LogP contribution in [0.25, 0.3) is 0 Å². The first kappa shape index (κ1) is 23.6. The van der Waals surface area contributed by atoms with Gasteiger partial charge >= 0.3 is 12.6 Å². The molecule has 1 aromatic rings. The Kier molecular flexibility index (Phi) is 9.58. The van der Waals surface area contributed by atoms with Crippen LogP contribution in [-0.4, -0.2) is 85.9 Å². The van der Waals surface area contributed by atoms with E-state index in [2.05, 4.69) is 15.4 Å². The number of nitrogens with zero attached hydrogens (tertiary/aromatic N) is 1. The highest BCUT2D eigenvalue weighted by Gasteiger charge is 2.28. The van der Waals surface area contributed by atoms with Crippen molar-refractivity contribution in [3.63, 3.8) is 0 Å². The lowest BCUT2D eigenvalue weighted by atomic mass is 10.0. The van der Waals surface area contributed by atoms with Crippen LogP contribution in [0.2, 0.25) is 0 Å². The van der Waals surface area contributed by atoms with Gasteiger partial charge in [-0.3, -0.25) is 14.5 Å². The summed E-state index contributed by atoms with van der Waals surface area (Å²) < 4.78 is 33.7. The average Bonchev–Trinajstić information content (AvgIpc) is 2.71.